The molecule has 7 heteroatoms. The number of rotatable bonds is 7. The van der Waals surface area contributed by atoms with E-state index in [1.54, 1.807) is 6.33 Å². The Morgan fingerprint density at radius 3 is 2.86 bits per heavy atom. The van der Waals surface area contributed by atoms with E-state index >= 15 is 0 Å². The van der Waals surface area contributed by atoms with Gasteiger partial charge in [0.1, 0.15) is 12.1 Å². The van der Waals surface area contributed by atoms with E-state index in [4.69, 9.17) is 4.42 Å². The van der Waals surface area contributed by atoms with Crippen LogP contribution in [0.4, 0.5) is 0 Å². The minimum atomic E-state index is 0.580. The summed E-state index contributed by atoms with van der Waals surface area (Å²) in [6, 6.07) is 15.4. The van der Waals surface area contributed by atoms with Crippen molar-refractivity contribution in [2.45, 2.75) is 42.2 Å². The molecular formula is C21H27N5OS. The fraction of sp³-hybridized carbons (Fsp3) is 0.429. The van der Waals surface area contributed by atoms with Gasteiger partial charge in [-0.2, -0.15) is 0 Å². The van der Waals surface area contributed by atoms with Crippen molar-refractivity contribution in [3.8, 4) is 0 Å². The molecule has 1 fully saturated rings. The van der Waals surface area contributed by atoms with E-state index in [0.717, 1.165) is 42.2 Å². The van der Waals surface area contributed by atoms with E-state index in [0.29, 0.717) is 6.04 Å². The monoisotopic (exact) mass is 397 g/mol. The molecule has 0 saturated carbocycles. The number of aromatic nitrogens is 3. The quantitative estimate of drug-likeness (QED) is 0.606. The van der Waals surface area contributed by atoms with E-state index in [1.165, 1.54) is 30.2 Å². The number of hydrogen-bond donors (Lipinski definition) is 0. The van der Waals surface area contributed by atoms with Gasteiger partial charge in [-0.3, -0.25) is 9.80 Å². The van der Waals surface area contributed by atoms with Crippen LogP contribution in [0.25, 0.3) is 0 Å². The zero-order valence-electron chi connectivity index (χ0n) is 16.5. The van der Waals surface area contributed by atoms with Crippen LogP contribution in [0.15, 0.2) is 63.5 Å². The van der Waals surface area contributed by atoms with Crippen LogP contribution in [0.3, 0.4) is 0 Å². The lowest BCUT2D eigenvalue weighted by Gasteiger charge is -2.37. The van der Waals surface area contributed by atoms with Crippen molar-refractivity contribution in [1.82, 2.24) is 24.6 Å². The number of furan rings is 1. The van der Waals surface area contributed by atoms with Gasteiger partial charge in [0.2, 0.25) is 0 Å². The smallest absolute Gasteiger partial charge is 0.198 e. The summed E-state index contributed by atoms with van der Waals surface area (Å²) in [6.07, 6.45) is 4.18. The van der Waals surface area contributed by atoms with Crippen LogP contribution in [-0.2, 0) is 20.1 Å². The molecule has 0 unspecified atom stereocenters. The maximum absolute atomic E-state index is 6.03. The van der Waals surface area contributed by atoms with Crippen molar-refractivity contribution >= 4 is 11.8 Å². The minimum Gasteiger partial charge on any atom is -0.453 e. The van der Waals surface area contributed by atoms with Gasteiger partial charge in [0.15, 0.2) is 10.2 Å². The number of piperidine rings is 1. The fourth-order valence-electron chi connectivity index (χ4n) is 3.71. The van der Waals surface area contributed by atoms with Crippen molar-refractivity contribution in [3.05, 3.63) is 60.1 Å². The molecule has 3 heterocycles. The summed E-state index contributed by atoms with van der Waals surface area (Å²) < 4.78 is 7.93. The Kier molecular flexibility index (Phi) is 6.14. The van der Waals surface area contributed by atoms with Crippen LogP contribution in [0.5, 0.6) is 0 Å². The first kappa shape index (κ1) is 19.2. The van der Waals surface area contributed by atoms with E-state index < -0.39 is 0 Å². The lowest BCUT2D eigenvalue weighted by atomic mass is 10.0. The molecule has 0 spiro atoms. The second kappa shape index (κ2) is 8.94. The molecule has 0 amide bonds. The number of hydrogen-bond acceptors (Lipinski definition) is 6. The minimum absolute atomic E-state index is 0.580. The summed E-state index contributed by atoms with van der Waals surface area (Å²) in [5, 5.41) is 9.71. The Morgan fingerprint density at radius 2 is 2.07 bits per heavy atom. The Labute approximate surface area is 170 Å². The number of benzene rings is 1. The first-order valence-corrected chi connectivity index (χ1v) is 10.6. The van der Waals surface area contributed by atoms with Crippen molar-refractivity contribution in [2.75, 3.05) is 20.1 Å². The third-order valence-electron chi connectivity index (χ3n) is 5.26. The number of nitrogens with zero attached hydrogens (tertiary/aromatic N) is 5. The molecule has 2 aromatic heterocycles. The van der Waals surface area contributed by atoms with Crippen LogP contribution in [0, 0.1) is 0 Å². The third-order valence-corrected chi connectivity index (χ3v) is 6.23. The van der Waals surface area contributed by atoms with Gasteiger partial charge in [-0.1, -0.05) is 30.3 Å². The van der Waals surface area contributed by atoms with Crippen LogP contribution >= 0.6 is 11.8 Å². The summed E-state index contributed by atoms with van der Waals surface area (Å²) >= 11 is 1.51. The molecule has 0 radical (unpaired) electrons. The molecule has 6 nitrogen and oxygen atoms in total. The number of aryl methyl sites for hydroxylation is 1. The molecule has 1 atom stereocenters. The zero-order valence-corrected chi connectivity index (χ0v) is 17.3. The summed E-state index contributed by atoms with van der Waals surface area (Å²) in [5.41, 5.74) is 1.37. The van der Waals surface area contributed by atoms with E-state index in [2.05, 4.69) is 63.4 Å². The SMILES string of the molecule is CN(Cc1ccccc1)[C@@H]1CCCN(Cc2ccc(Sc3nncn3C)o2)C1. The summed E-state index contributed by atoms with van der Waals surface area (Å²) in [4.78, 5) is 4.99. The van der Waals surface area contributed by atoms with Crippen LogP contribution in [0.2, 0.25) is 0 Å². The van der Waals surface area contributed by atoms with Crippen molar-refractivity contribution in [3.63, 3.8) is 0 Å². The Hall–Kier alpha value is -2.09. The normalized spacial score (nSPS) is 18.0. The predicted molar refractivity (Wildman–Crippen MR) is 110 cm³/mol. The highest BCUT2D eigenvalue weighted by Crippen LogP contribution is 2.28. The molecule has 0 bridgehead atoms. The Bertz CT molecular complexity index is 878. The molecule has 0 aliphatic carbocycles. The number of likely N-dealkylation sites (N-methyl/N-ethyl adjacent to an activating group) is 1. The molecule has 1 saturated heterocycles. The molecule has 0 N–H and O–H groups in total. The highest BCUT2D eigenvalue weighted by atomic mass is 32.2. The molecule has 3 aromatic rings. The number of likely N-dealkylation sites (tertiary alicyclic amines) is 1. The van der Waals surface area contributed by atoms with E-state index in [1.807, 2.05) is 17.7 Å². The second-order valence-corrected chi connectivity index (χ2v) is 8.45. The molecule has 148 valence electrons. The van der Waals surface area contributed by atoms with Crippen molar-refractivity contribution < 1.29 is 4.42 Å². The summed E-state index contributed by atoms with van der Waals surface area (Å²) in [7, 11) is 4.18. The molecule has 28 heavy (non-hydrogen) atoms. The van der Waals surface area contributed by atoms with Crippen molar-refractivity contribution in [2.24, 2.45) is 7.05 Å². The average Bonchev–Trinajstić information content (AvgIpc) is 3.32. The van der Waals surface area contributed by atoms with Crippen molar-refractivity contribution in [1.29, 1.82) is 0 Å². The largest absolute Gasteiger partial charge is 0.453 e. The lowest BCUT2D eigenvalue weighted by molar-refractivity contribution is 0.101. The standard InChI is InChI=1S/C21H27N5OS/c1-24(13-17-7-4-3-5-8-17)18-9-6-12-26(14-18)15-19-10-11-20(27-19)28-21-23-22-16-25(21)2/h3-5,7-8,10-11,16,18H,6,9,12-15H2,1-2H3/t18-/m1/s1. The summed E-state index contributed by atoms with van der Waals surface area (Å²) in [5.74, 6) is 1.01. The Balaban J connectivity index is 1.32. The van der Waals surface area contributed by atoms with Gasteiger partial charge >= 0.3 is 0 Å². The van der Waals surface area contributed by atoms with Gasteiger partial charge in [0.25, 0.3) is 0 Å². The van der Waals surface area contributed by atoms with E-state index in [-0.39, 0.29) is 0 Å². The van der Waals surface area contributed by atoms with Crippen LogP contribution in [0.1, 0.15) is 24.2 Å². The van der Waals surface area contributed by atoms with Crippen LogP contribution < -0.4 is 0 Å². The first-order valence-electron chi connectivity index (χ1n) is 9.74. The maximum Gasteiger partial charge on any atom is 0.198 e. The second-order valence-electron chi connectivity index (χ2n) is 7.48. The van der Waals surface area contributed by atoms with Gasteiger partial charge in [0, 0.05) is 26.2 Å². The maximum atomic E-state index is 6.03. The van der Waals surface area contributed by atoms with E-state index in [9.17, 15) is 0 Å². The molecule has 4 rings (SSSR count). The molecule has 1 aromatic carbocycles. The van der Waals surface area contributed by atoms with Gasteiger partial charge in [0.05, 0.1) is 6.54 Å². The first-order chi connectivity index (χ1) is 13.7. The molecular weight excluding hydrogens is 370 g/mol. The topological polar surface area (TPSA) is 50.3 Å². The lowest BCUT2D eigenvalue weighted by Crippen LogP contribution is -2.45. The van der Waals surface area contributed by atoms with Gasteiger partial charge in [-0.25, -0.2) is 0 Å². The highest BCUT2D eigenvalue weighted by molar-refractivity contribution is 7.99. The average molecular weight is 398 g/mol. The fourth-order valence-corrected chi connectivity index (χ4v) is 4.45. The van der Waals surface area contributed by atoms with Gasteiger partial charge in [-0.15, -0.1) is 10.2 Å². The Morgan fingerprint density at radius 1 is 1.21 bits per heavy atom. The molecule has 1 aliphatic heterocycles. The summed E-state index contributed by atoms with van der Waals surface area (Å²) in [6.45, 7) is 4.06. The van der Waals surface area contributed by atoms with Crippen LogP contribution in [-0.4, -0.2) is 50.7 Å². The highest BCUT2D eigenvalue weighted by Gasteiger charge is 2.24. The van der Waals surface area contributed by atoms with Gasteiger partial charge in [-0.05, 0) is 55.9 Å². The predicted octanol–water partition coefficient (Wildman–Crippen LogP) is 3.66. The van der Waals surface area contributed by atoms with Gasteiger partial charge < -0.3 is 8.98 Å². The zero-order chi connectivity index (χ0) is 19.3. The third kappa shape index (κ3) is 4.84. The molecule has 1 aliphatic rings.